The minimum Gasteiger partial charge on any atom is -0.492 e. The maximum Gasteiger partial charge on any atom is 0.135 e. The summed E-state index contributed by atoms with van der Waals surface area (Å²) in [5.41, 5.74) is 5.87. The molecular formula is C26H25BrN2OS. The number of fused-ring (bicyclic) bond motifs is 3. The van der Waals surface area contributed by atoms with Crippen LogP contribution in [0.1, 0.15) is 32.6 Å². The van der Waals surface area contributed by atoms with Crippen molar-refractivity contribution in [2.24, 2.45) is 0 Å². The summed E-state index contributed by atoms with van der Waals surface area (Å²) in [5, 5.41) is 4.70. The van der Waals surface area contributed by atoms with Crippen LogP contribution < -0.4 is 14.6 Å². The molecule has 0 aliphatic carbocycles. The number of anilines is 2. The highest BCUT2D eigenvalue weighted by molar-refractivity contribution is 9.10. The van der Waals surface area contributed by atoms with Gasteiger partial charge < -0.3 is 4.74 Å². The lowest BCUT2D eigenvalue weighted by molar-refractivity contribution is 0.312. The van der Waals surface area contributed by atoms with Crippen molar-refractivity contribution < 1.29 is 4.74 Å². The normalized spacial score (nSPS) is 12.9. The van der Waals surface area contributed by atoms with E-state index in [1.807, 2.05) is 0 Å². The Morgan fingerprint density at radius 1 is 0.871 bits per heavy atom. The minimum atomic E-state index is 0.753. The third-order valence-corrected chi connectivity index (χ3v) is 7.16. The predicted molar refractivity (Wildman–Crippen MR) is 137 cm³/mol. The average Bonchev–Trinajstić information content (AvgIpc) is 3.21. The summed E-state index contributed by atoms with van der Waals surface area (Å²) in [7, 11) is 0. The zero-order valence-corrected chi connectivity index (χ0v) is 19.9. The van der Waals surface area contributed by atoms with Crippen molar-refractivity contribution in [2.75, 3.05) is 16.4 Å². The Bertz CT molecular complexity index is 1190. The Labute approximate surface area is 196 Å². The second-order valence-corrected chi connectivity index (χ2v) is 9.72. The molecule has 1 N–H and O–H groups in total. The predicted octanol–water partition coefficient (Wildman–Crippen LogP) is 8.57. The van der Waals surface area contributed by atoms with Crippen LogP contribution in [0.5, 0.6) is 5.75 Å². The summed E-state index contributed by atoms with van der Waals surface area (Å²) < 4.78 is 9.68. The first-order valence-corrected chi connectivity index (χ1v) is 12.4. The van der Waals surface area contributed by atoms with Gasteiger partial charge in [-0.2, -0.15) is 0 Å². The van der Waals surface area contributed by atoms with Gasteiger partial charge in [-0.05, 0) is 24.6 Å². The van der Waals surface area contributed by atoms with Gasteiger partial charge in [0.15, 0.2) is 0 Å². The number of hydrogen-bond donors (Lipinski definition) is 1. The third kappa shape index (κ3) is 3.97. The average molecular weight is 493 g/mol. The highest BCUT2D eigenvalue weighted by atomic mass is 79.9. The van der Waals surface area contributed by atoms with Gasteiger partial charge in [0.05, 0.1) is 22.9 Å². The van der Waals surface area contributed by atoms with Crippen LogP contribution in [0.15, 0.2) is 76.1 Å². The van der Waals surface area contributed by atoms with Gasteiger partial charge in [0.1, 0.15) is 5.75 Å². The molecule has 4 aromatic rings. The molecule has 0 bridgehead atoms. The van der Waals surface area contributed by atoms with Crippen LogP contribution in [0.2, 0.25) is 0 Å². The van der Waals surface area contributed by atoms with Gasteiger partial charge in [-0.25, -0.2) is 4.41 Å². The maximum absolute atomic E-state index is 6.42. The number of nitrogens with zero attached hydrogens (tertiary/aromatic N) is 1. The van der Waals surface area contributed by atoms with E-state index in [1.165, 1.54) is 40.6 Å². The molecule has 0 radical (unpaired) electrons. The quantitative estimate of drug-likeness (QED) is 0.158. The fraction of sp³-hybridized carbons (Fsp3) is 0.231. The first-order valence-electron chi connectivity index (χ1n) is 10.9. The third-order valence-electron chi connectivity index (χ3n) is 5.65. The van der Waals surface area contributed by atoms with E-state index in [1.54, 1.807) is 11.9 Å². The van der Waals surface area contributed by atoms with Crippen molar-refractivity contribution in [1.82, 2.24) is 0 Å². The molecule has 0 saturated heterocycles. The van der Waals surface area contributed by atoms with Gasteiger partial charge in [0.25, 0.3) is 0 Å². The van der Waals surface area contributed by atoms with Gasteiger partial charge in [-0.1, -0.05) is 90.6 Å². The summed E-state index contributed by atoms with van der Waals surface area (Å²) in [6, 6.07) is 23.5. The van der Waals surface area contributed by atoms with Crippen molar-refractivity contribution in [2.45, 2.75) is 37.5 Å². The zero-order chi connectivity index (χ0) is 21.2. The molecule has 1 aliphatic rings. The van der Waals surface area contributed by atoms with Gasteiger partial charge in [0.2, 0.25) is 0 Å². The zero-order valence-electron chi connectivity index (χ0n) is 17.5. The molecule has 3 nitrogen and oxygen atoms in total. The van der Waals surface area contributed by atoms with Crippen LogP contribution in [-0.2, 0) is 0 Å². The molecule has 0 amide bonds. The number of nitrogens with one attached hydrogen (secondary N) is 1. The van der Waals surface area contributed by atoms with Gasteiger partial charge in [-0.15, -0.1) is 0 Å². The number of hydrogen-bond acceptors (Lipinski definition) is 4. The van der Waals surface area contributed by atoms with E-state index in [4.69, 9.17) is 4.74 Å². The summed E-state index contributed by atoms with van der Waals surface area (Å²) >= 11 is 5.31. The van der Waals surface area contributed by atoms with Crippen LogP contribution in [0, 0.1) is 0 Å². The maximum atomic E-state index is 6.42. The molecule has 31 heavy (non-hydrogen) atoms. The molecular weight excluding hydrogens is 468 g/mol. The van der Waals surface area contributed by atoms with E-state index in [2.05, 4.69) is 99.4 Å². The van der Waals surface area contributed by atoms with Crippen LogP contribution in [0.4, 0.5) is 11.4 Å². The number of benzene rings is 4. The lowest BCUT2D eigenvalue weighted by Gasteiger charge is -2.23. The molecule has 0 unspecified atom stereocenters. The van der Waals surface area contributed by atoms with Gasteiger partial charge in [0, 0.05) is 38.0 Å². The monoisotopic (exact) mass is 492 g/mol. The Morgan fingerprint density at radius 2 is 1.55 bits per heavy atom. The SMILES string of the molecule is CCCCCCOc1c2ccccc2c(N2Nc3cc(Br)ccc3S2)c2ccccc12. The molecule has 1 heterocycles. The van der Waals surface area contributed by atoms with E-state index >= 15 is 0 Å². The Hall–Kier alpha value is -2.37. The lowest BCUT2D eigenvalue weighted by Crippen LogP contribution is -2.17. The first kappa shape index (κ1) is 20.5. The van der Waals surface area contributed by atoms with Crippen LogP contribution in [0.25, 0.3) is 21.5 Å². The largest absolute Gasteiger partial charge is 0.492 e. The molecule has 0 atom stereocenters. The van der Waals surface area contributed by atoms with Crippen molar-refractivity contribution >= 4 is 60.8 Å². The molecule has 0 fully saturated rings. The molecule has 5 heteroatoms. The van der Waals surface area contributed by atoms with Crippen molar-refractivity contribution in [3.63, 3.8) is 0 Å². The van der Waals surface area contributed by atoms with E-state index in [0.29, 0.717) is 0 Å². The Kier molecular flexibility index (Phi) is 5.97. The lowest BCUT2D eigenvalue weighted by atomic mass is 9.99. The number of ether oxygens (including phenoxy) is 1. The summed E-state index contributed by atoms with van der Waals surface area (Å²) in [5.74, 6) is 0.996. The molecule has 0 spiro atoms. The second-order valence-electron chi connectivity index (χ2n) is 7.82. The van der Waals surface area contributed by atoms with E-state index in [0.717, 1.165) is 39.7 Å². The molecule has 0 aromatic heterocycles. The Morgan fingerprint density at radius 3 is 2.23 bits per heavy atom. The van der Waals surface area contributed by atoms with E-state index < -0.39 is 0 Å². The molecule has 1 aliphatic heterocycles. The number of halogens is 1. The van der Waals surface area contributed by atoms with Crippen LogP contribution >= 0.6 is 27.9 Å². The van der Waals surface area contributed by atoms with Crippen molar-refractivity contribution in [3.05, 3.63) is 71.2 Å². The van der Waals surface area contributed by atoms with Gasteiger partial charge >= 0.3 is 0 Å². The molecule has 5 rings (SSSR count). The minimum absolute atomic E-state index is 0.753. The van der Waals surface area contributed by atoms with Crippen LogP contribution in [0.3, 0.4) is 0 Å². The van der Waals surface area contributed by atoms with Crippen molar-refractivity contribution in [3.8, 4) is 5.75 Å². The highest BCUT2D eigenvalue weighted by Crippen LogP contribution is 2.49. The fourth-order valence-corrected chi connectivity index (χ4v) is 5.47. The molecule has 158 valence electrons. The smallest absolute Gasteiger partial charge is 0.135 e. The molecule has 4 aromatic carbocycles. The standard InChI is InChI=1S/C26H25BrN2OS/c1-2-3-4-9-16-30-26-21-12-7-5-10-19(21)25(20-11-6-8-13-22(20)26)29-28-23-17-18(27)14-15-24(23)31-29/h5-8,10-15,17,28H,2-4,9,16H2,1H3. The fourth-order valence-electron chi connectivity index (χ4n) is 4.14. The van der Waals surface area contributed by atoms with Crippen LogP contribution in [-0.4, -0.2) is 6.61 Å². The summed E-state index contributed by atoms with van der Waals surface area (Å²) in [6.45, 7) is 2.99. The van der Waals surface area contributed by atoms with Gasteiger partial charge in [-0.3, -0.25) is 5.43 Å². The van der Waals surface area contributed by atoms with Crippen molar-refractivity contribution in [1.29, 1.82) is 0 Å². The topological polar surface area (TPSA) is 24.5 Å². The molecule has 0 saturated carbocycles. The Balaban J connectivity index is 1.60. The highest BCUT2D eigenvalue weighted by Gasteiger charge is 2.25. The van der Waals surface area contributed by atoms with E-state index in [-0.39, 0.29) is 0 Å². The number of unbranched alkanes of at least 4 members (excludes halogenated alkanes) is 3. The first-order chi connectivity index (χ1) is 15.3. The number of hydrazine groups is 1. The second kappa shape index (κ2) is 9.01. The summed E-state index contributed by atoms with van der Waals surface area (Å²) in [4.78, 5) is 1.22. The summed E-state index contributed by atoms with van der Waals surface area (Å²) in [6.07, 6.45) is 4.80. The number of rotatable bonds is 7. The van der Waals surface area contributed by atoms with E-state index in [9.17, 15) is 0 Å².